The molecule has 7 nitrogen and oxygen atoms in total. The number of sulfonamides is 1. The van der Waals surface area contributed by atoms with Crippen LogP contribution in [0.5, 0.6) is 0 Å². The van der Waals surface area contributed by atoms with Gasteiger partial charge in [-0.3, -0.25) is 9.40 Å². The van der Waals surface area contributed by atoms with Crippen molar-refractivity contribution in [1.29, 1.82) is 0 Å². The average Bonchev–Trinajstić information content (AvgIpc) is 2.96. The van der Waals surface area contributed by atoms with Crippen molar-refractivity contribution in [2.45, 2.75) is 31.3 Å². The SMILES string of the molecule is CNCc1cc(S(=O)(=O)Nc2cnn(C)c2)cn1C(C)C. The lowest BCUT2D eigenvalue weighted by atomic mass is 10.3. The highest BCUT2D eigenvalue weighted by molar-refractivity contribution is 7.92. The Morgan fingerprint density at radius 1 is 1.33 bits per heavy atom. The van der Waals surface area contributed by atoms with E-state index in [1.54, 1.807) is 30.2 Å². The van der Waals surface area contributed by atoms with Crippen molar-refractivity contribution in [1.82, 2.24) is 19.7 Å². The molecule has 8 heteroatoms. The first-order chi connectivity index (χ1) is 9.83. The highest BCUT2D eigenvalue weighted by atomic mass is 32.2. The summed E-state index contributed by atoms with van der Waals surface area (Å²) in [5.41, 5.74) is 1.38. The molecule has 0 fully saturated rings. The van der Waals surface area contributed by atoms with Crippen molar-refractivity contribution in [3.8, 4) is 0 Å². The molecule has 0 aliphatic rings. The van der Waals surface area contributed by atoms with Gasteiger partial charge in [0.1, 0.15) is 4.90 Å². The third-order valence-electron chi connectivity index (χ3n) is 3.09. The van der Waals surface area contributed by atoms with E-state index in [1.165, 1.54) is 6.20 Å². The average molecular weight is 311 g/mol. The van der Waals surface area contributed by atoms with Crippen LogP contribution in [0.2, 0.25) is 0 Å². The van der Waals surface area contributed by atoms with Gasteiger partial charge in [-0.1, -0.05) is 0 Å². The molecule has 116 valence electrons. The lowest BCUT2D eigenvalue weighted by Crippen LogP contribution is -2.12. The van der Waals surface area contributed by atoms with Gasteiger partial charge in [-0.05, 0) is 27.0 Å². The van der Waals surface area contributed by atoms with E-state index in [1.807, 2.05) is 25.5 Å². The molecular formula is C13H21N5O2S. The van der Waals surface area contributed by atoms with Crippen LogP contribution >= 0.6 is 0 Å². The fraction of sp³-hybridized carbons (Fsp3) is 0.462. The van der Waals surface area contributed by atoms with E-state index in [-0.39, 0.29) is 10.9 Å². The summed E-state index contributed by atoms with van der Waals surface area (Å²) in [4.78, 5) is 0.255. The lowest BCUT2D eigenvalue weighted by molar-refractivity contribution is 0.562. The number of hydrogen-bond donors (Lipinski definition) is 2. The van der Waals surface area contributed by atoms with Crippen LogP contribution in [0, 0.1) is 0 Å². The van der Waals surface area contributed by atoms with Gasteiger partial charge in [0.05, 0.1) is 11.9 Å². The maximum atomic E-state index is 12.4. The van der Waals surface area contributed by atoms with E-state index >= 15 is 0 Å². The summed E-state index contributed by atoms with van der Waals surface area (Å²) in [6, 6.07) is 1.88. The Balaban J connectivity index is 2.33. The van der Waals surface area contributed by atoms with Gasteiger partial charge >= 0.3 is 0 Å². The minimum Gasteiger partial charge on any atom is -0.346 e. The van der Waals surface area contributed by atoms with Crippen LogP contribution in [0.1, 0.15) is 25.6 Å². The molecule has 0 bridgehead atoms. The maximum absolute atomic E-state index is 12.4. The van der Waals surface area contributed by atoms with Crippen LogP contribution in [0.25, 0.3) is 0 Å². The molecule has 2 heterocycles. The van der Waals surface area contributed by atoms with Crippen LogP contribution in [0.4, 0.5) is 5.69 Å². The molecule has 0 aliphatic carbocycles. The smallest absolute Gasteiger partial charge is 0.263 e. The third kappa shape index (κ3) is 3.45. The van der Waals surface area contributed by atoms with Crippen molar-refractivity contribution in [2.24, 2.45) is 7.05 Å². The van der Waals surface area contributed by atoms with E-state index in [0.29, 0.717) is 12.2 Å². The Morgan fingerprint density at radius 2 is 2.05 bits per heavy atom. The largest absolute Gasteiger partial charge is 0.346 e. The Labute approximate surface area is 125 Å². The van der Waals surface area contributed by atoms with Crippen molar-refractivity contribution < 1.29 is 8.42 Å². The van der Waals surface area contributed by atoms with E-state index in [4.69, 9.17) is 0 Å². The fourth-order valence-electron chi connectivity index (χ4n) is 2.14. The molecule has 0 aromatic carbocycles. The molecule has 0 amide bonds. The predicted molar refractivity (Wildman–Crippen MR) is 81.6 cm³/mol. The van der Waals surface area contributed by atoms with E-state index in [0.717, 1.165) is 5.69 Å². The Kier molecular flexibility index (Phi) is 4.38. The maximum Gasteiger partial charge on any atom is 0.263 e. The summed E-state index contributed by atoms with van der Waals surface area (Å²) in [6.07, 6.45) is 4.76. The van der Waals surface area contributed by atoms with Crippen LogP contribution in [0.15, 0.2) is 29.6 Å². The number of nitrogens with zero attached hydrogens (tertiary/aromatic N) is 3. The summed E-state index contributed by atoms with van der Waals surface area (Å²) in [5.74, 6) is 0. The van der Waals surface area contributed by atoms with Crippen molar-refractivity contribution in [3.05, 3.63) is 30.4 Å². The summed E-state index contributed by atoms with van der Waals surface area (Å²) in [7, 11) is -0.0382. The zero-order valence-electron chi connectivity index (χ0n) is 12.7. The second-order valence-electron chi connectivity index (χ2n) is 5.21. The van der Waals surface area contributed by atoms with Gasteiger partial charge in [0.15, 0.2) is 0 Å². The van der Waals surface area contributed by atoms with Gasteiger partial charge in [-0.25, -0.2) is 8.42 Å². The minimum atomic E-state index is -3.61. The Morgan fingerprint density at radius 3 is 2.57 bits per heavy atom. The quantitative estimate of drug-likeness (QED) is 0.843. The first-order valence-electron chi connectivity index (χ1n) is 6.70. The van der Waals surface area contributed by atoms with Gasteiger partial charge < -0.3 is 9.88 Å². The number of nitrogens with one attached hydrogen (secondary N) is 2. The fourth-order valence-corrected chi connectivity index (χ4v) is 3.21. The zero-order chi connectivity index (χ0) is 15.6. The number of aryl methyl sites for hydroxylation is 1. The lowest BCUT2D eigenvalue weighted by Gasteiger charge is -2.11. The molecule has 2 N–H and O–H groups in total. The third-order valence-corrected chi connectivity index (χ3v) is 4.44. The van der Waals surface area contributed by atoms with Gasteiger partial charge in [0.2, 0.25) is 0 Å². The topological polar surface area (TPSA) is 81.0 Å². The molecule has 0 unspecified atom stereocenters. The molecule has 0 radical (unpaired) electrons. The zero-order valence-corrected chi connectivity index (χ0v) is 13.5. The molecule has 2 aromatic rings. The Bertz CT molecular complexity index is 715. The molecule has 21 heavy (non-hydrogen) atoms. The van der Waals surface area contributed by atoms with Gasteiger partial charge in [0.25, 0.3) is 10.0 Å². The second kappa shape index (κ2) is 5.90. The van der Waals surface area contributed by atoms with E-state index < -0.39 is 10.0 Å². The van der Waals surface area contributed by atoms with E-state index in [9.17, 15) is 8.42 Å². The first kappa shape index (κ1) is 15.6. The molecule has 0 aliphatic heterocycles. The molecule has 0 spiro atoms. The molecule has 2 rings (SSSR count). The number of hydrogen-bond acceptors (Lipinski definition) is 4. The Hall–Kier alpha value is -1.80. The van der Waals surface area contributed by atoms with Gasteiger partial charge in [-0.15, -0.1) is 0 Å². The number of aromatic nitrogens is 3. The minimum absolute atomic E-state index is 0.190. The van der Waals surface area contributed by atoms with Crippen molar-refractivity contribution in [3.63, 3.8) is 0 Å². The monoisotopic (exact) mass is 311 g/mol. The van der Waals surface area contributed by atoms with Gasteiger partial charge in [0, 0.05) is 37.7 Å². The predicted octanol–water partition coefficient (Wildman–Crippen LogP) is 1.32. The summed E-state index contributed by atoms with van der Waals surface area (Å²) < 4.78 is 30.9. The van der Waals surface area contributed by atoms with E-state index in [2.05, 4.69) is 15.1 Å². The summed E-state index contributed by atoms with van der Waals surface area (Å²) >= 11 is 0. The number of anilines is 1. The molecule has 0 saturated carbocycles. The van der Waals surface area contributed by atoms with Crippen molar-refractivity contribution >= 4 is 15.7 Å². The molecule has 0 atom stereocenters. The normalized spacial score (nSPS) is 12.0. The highest BCUT2D eigenvalue weighted by Crippen LogP contribution is 2.21. The highest BCUT2D eigenvalue weighted by Gasteiger charge is 2.19. The first-order valence-corrected chi connectivity index (χ1v) is 8.18. The second-order valence-corrected chi connectivity index (χ2v) is 6.89. The van der Waals surface area contributed by atoms with Crippen LogP contribution < -0.4 is 10.0 Å². The summed E-state index contributed by atoms with van der Waals surface area (Å²) in [5, 5.41) is 7.00. The van der Waals surface area contributed by atoms with Crippen LogP contribution in [-0.2, 0) is 23.6 Å². The standard InChI is InChI=1S/C13H21N5O2S/c1-10(2)18-9-13(5-12(18)7-14-3)21(19,20)16-11-6-15-17(4)8-11/h5-6,8-10,14,16H,7H2,1-4H3. The van der Waals surface area contributed by atoms with Gasteiger partial charge in [-0.2, -0.15) is 5.10 Å². The summed E-state index contributed by atoms with van der Waals surface area (Å²) in [6.45, 7) is 4.65. The van der Waals surface area contributed by atoms with Crippen molar-refractivity contribution in [2.75, 3.05) is 11.8 Å². The molecular weight excluding hydrogens is 290 g/mol. The molecule has 2 aromatic heterocycles. The molecule has 0 saturated heterocycles. The van der Waals surface area contributed by atoms with Crippen LogP contribution in [0.3, 0.4) is 0 Å². The van der Waals surface area contributed by atoms with Crippen LogP contribution in [-0.4, -0.2) is 29.8 Å². The number of rotatable bonds is 6.